The first kappa shape index (κ1) is 21.3. The van der Waals surface area contributed by atoms with Crippen molar-refractivity contribution in [2.24, 2.45) is 0 Å². The maximum atomic E-state index is 11.9. The number of hydrogen-bond acceptors (Lipinski definition) is 5. The highest BCUT2D eigenvalue weighted by atomic mass is 35.5. The van der Waals surface area contributed by atoms with Gasteiger partial charge in [-0.2, -0.15) is 0 Å². The molecular weight excluding hydrogens is 386 g/mol. The Kier molecular flexibility index (Phi) is 7.91. The average Bonchev–Trinajstić information content (AvgIpc) is 2.71. The minimum absolute atomic E-state index is 0.0752. The van der Waals surface area contributed by atoms with Gasteiger partial charge in [-0.3, -0.25) is 4.79 Å². The first-order valence-electron chi connectivity index (χ1n) is 8.40. The molecular formula is C19H22ClN3O5. The van der Waals surface area contributed by atoms with Crippen LogP contribution in [0.4, 0.5) is 10.5 Å². The zero-order valence-electron chi connectivity index (χ0n) is 15.5. The highest BCUT2D eigenvalue weighted by Crippen LogP contribution is 2.29. The second-order valence-electron chi connectivity index (χ2n) is 5.74. The van der Waals surface area contributed by atoms with E-state index >= 15 is 0 Å². The van der Waals surface area contributed by atoms with Gasteiger partial charge in [0, 0.05) is 22.8 Å². The maximum Gasteiger partial charge on any atom is 0.315 e. The lowest BCUT2D eigenvalue weighted by Gasteiger charge is -2.16. The molecule has 0 fully saturated rings. The molecule has 0 aliphatic carbocycles. The molecule has 1 atom stereocenters. The van der Waals surface area contributed by atoms with Crippen LogP contribution >= 0.6 is 11.6 Å². The van der Waals surface area contributed by atoms with Crippen molar-refractivity contribution in [3.05, 3.63) is 53.1 Å². The van der Waals surface area contributed by atoms with E-state index in [1.165, 1.54) is 14.2 Å². The first-order chi connectivity index (χ1) is 13.4. The summed E-state index contributed by atoms with van der Waals surface area (Å²) >= 11 is 5.78. The van der Waals surface area contributed by atoms with Crippen molar-refractivity contribution in [1.29, 1.82) is 0 Å². The predicted molar refractivity (Wildman–Crippen MR) is 106 cm³/mol. The number of benzene rings is 2. The average molecular weight is 408 g/mol. The SMILES string of the molecule is COc1ccc(OC)c(C(O)CNC(=O)NCC(=O)Nc2ccc(Cl)cc2)c1. The van der Waals surface area contributed by atoms with Gasteiger partial charge in [-0.05, 0) is 42.5 Å². The van der Waals surface area contributed by atoms with Crippen LogP contribution in [0.25, 0.3) is 0 Å². The predicted octanol–water partition coefficient (Wildman–Crippen LogP) is 2.33. The highest BCUT2D eigenvalue weighted by molar-refractivity contribution is 6.30. The van der Waals surface area contributed by atoms with E-state index in [1.54, 1.807) is 42.5 Å². The Morgan fingerprint density at radius 2 is 1.79 bits per heavy atom. The van der Waals surface area contributed by atoms with Gasteiger partial charge >= 0.3 is 6.03 Å². The molecule has 2 aromatic carbocycles. The lowest BCUT2D eigenvalue weighted by Crippen LogP contribution is -2.41. The van der Waals surface area contributed by atoms with E-state index in [2.05, 4.69) is 16.0 Å². The van der Waals surface area contributed by atoms with E-state index < -0.39 is 18.0 Å². The zero-order valence-corrected chi connectivity index (χ0v) is 16.2. The number of hydrogen-bond donors (Lipinski definition) is 4. The molecule has 0 saturated heterocycles. The number of carbonyl (C=O) groups excluding carboxylic acids is 2. The fourth-order valence-corrected chi connectivity index (χ4v) is 2.49. The molecule has 28 heavy (non-hydrogen) atoms. The Labute approximate surface area is 167 Å². The number of nitrogens with one attached hydrogen (secondary N) is 3. The number of carbonyl (C=O) groups is 2. The van der Waals surface area contributed by atoms with Crippen molar-refractivity contribution >= 4 is 29.2 Å². The van der Waals surface area contributed by atoms with Crippen molar-refractivity contribution in [3.63, 3.8) is 0 Å². The third kappa shape index (κ3) is 6.33. The van der Waals surface area contributed by atoms with Gasteiger partial charge in [-0.1, -0.05) is 11.6 Å². The van der Waals surface area contributed by atoms with Crippen LogP contribution in [0.3, 0.4) is 0 Å². The second-order valence-corrected chi connectivity index (χ2v) is 6.18. The van der Waals surface area contributed by atoms with Crippen LogP contribution < -0.4 is 25.4 Å². The molecule has 0 saturated carbocycles. The van der Waals surface area contributed by atoms with Crippen LogP contribution in [0, 0.1) is 0 Å². The molecule has 3 amide bonds. The molecule has 0 spiro atoms. The van der Waals surface area contributed by atoms with Crippen LogP contribution in [0.2, 0.25) is 5.02 Å². The summed E-state index contributed by atoms with van der Waals surface area (Å²) < 4.78 is 10.3. The minimum atomic E-state index is -1.02. The molecule has 0 radical (unpaired) electrons. The summed E-state index contributed by atoms with van der Waals surface area (Å²) in [6, 6.07) is 11.0. The lowest BCUT2D eigenvalue weighted by molar-refractivity contribution is -0.115. The van der Waals surface area contributed by atoms with E-state index in [4.69, 9.17) is 21.1 Å². The standard InChI is InChI=1S/C19H22ClN3O5/c1-27-14-7-8-17(28-2)15(9-14)16(24)10-21-19(26)22-11-18(25)23-13-5-3-12(20)4-6-13/h3-9,16,24H,10-11H2,1-2H3,(H,23,25)(H2,21,22,26). The van der Waals surface area contributed by atoms with Crippen molar-refractivity contribution in [2.45, 2.75) is 6.10 Å². The van der Waals surface area contributed by atoms with Crippen LogP contribution in [0.1, 0.15) is 11.7 Å². The van der Waals surface area contributed by atoms with Gasteiger partial charge < -0.3 is 30.5 Å². The summed E-state index contributed by atoms with van der Waals surface area (Å²) in [5, 5.41) is 18.4. The van der Waals surface area contributed by atoms with Crippen LogP contribution in [-0.4, -0.2) is 44.4 Å². The number of halogens is 1. The number of urea groups is 1. The van der Waals surface area contributed by atoms with Gasteiger partial charge in [0.25, 0.3) is 0 Å². The molecule has 0 aromatic heterocycles. The van der Waals surface area contributed by atoms with Crippen molar-refractivity contribution in [2.75, 3.05) is 32.6 Å². The number of rotatable bonds is 8. The molecule has 4 N–H and O–H groups in total. The van der Waals surface area contributed by atoms with Crippen molar-refractivity contribution < 1.29 is 24.2 Å². The minimum Gasteiger partial charge on any atom is -0.497 e. The van der Waals surface area contributed by atoms with Crippen LogP contribution in [0.5, 0.6) is 11.5 Å². The van der Waals surface area contributed by atoms with Crippen LogP contribution in [-0.2, 0) is 4.79 Å². The van der Waals surface area contributed by atoms with E-state index in [1.807, 2.05) is 0 Å². The molecule has 150 valence electrons. The summed E-state index contributed by atoms with van der Waals surface area (Å²) in [5.74, 6) is 0.628. The second kappa shape index (κ2) is 10.4. The third-order valence-electron chi connectivity index (χ3n) is 3.79. The molecule has 2 aromatic rings. The number of anilines is 1. The highest BCUT2D eigenvalue weighted by Gasteiger charge is 2.16. The first-order valence-corrected chi connectivity index (χ1v) is 8.78. The van der Waals surface area contributed by atoms with Crippen molar-refractivity contribution in [1.82, 2.24) is 10.6 Å². The Bertz CT molecular complexity index is 814. The molecule has 0 aliphatic rings. The summed E-state index contributed by atoms with van der Waals surface area (Å²) in [6.45, 7) is -0.304. The van der Waals surface area contributed by atoms with Gasteiger partial charge in [0.1, 0.15) is 17.6 Å². The summed E-state index contributed by atoms with van der Waals surface area (Å²) in [5.41, 5.74) is 1.04. The summed E-state index contributed by atoms with van der Waals surface area (Å²) in [6.07, 6.45) is -1.02. The topological polar surface area (TPSA) is 109 Å². The van der Waals surface area contributed by atoms with Gasteiger partial charge in [0.15, 0.2) is 0 Å². The molecule has 1 unspecified atom stereocenters. The Morgan fingerprint density at radius 1 is 1.07 bits per heavy atom. The smallest absolute Gasteiger partial charge is 0.315 e. The lowest BCUT2D eigenvalue weighted by atomic mass is 10.1. The van der Waals surface area contributed by atoms with E-state index in [9.17, 15) is 14.7 Å². The van der Waals surface area contributed by atoms with Gasteiger partial charge in [0.05, 0.1) is 20.8 Å². The Morgan fingerprint density at radius 3 is 2.43 bits per heavy atom. The largest absolute Gasteiger partial charge is 0.497 e. The van der Waals surface area contributed by atoms with E-state index in [0.29, 0.717) is 27.8 Å². The molecule has 8 nitrogen and oxygen atoms in total. The van der Waals surface area contributed by atoms with Crippen LogP contribution in [0.15, 0.2) is 42.5 Å². The Hall–Kier alpha value is -2.97. The fourth-order valence-electron chi connectivity index (χ4n) is 2.36. The zero-order chi connectivity index (χ0) is 20.5. The third-order valence-corrected chi connectivity index (χ3v) is 4.04. The van der Waals surface area contributed by atoms with E-state index in [0.717, 1.165) is 0 Å². The van der Waals surface area contributed by atoms with Gasteiger partial charge in [-0.25, -0.2) is 4.79 Å². The summed E-state index contributed by atoms with van der Waals surface area (Å²) in [7, 11) is 3.00. The maximum absolute atomic E-state index is 11.9. The molecule has 0 heterocycles. The number of amides is 3. The molecule has 2 rings (SSSR count). The number of methoxy groups -OCH3 is 2. The monoisotopic (exact) mass is 407 g/mol. The van der Waals surface area contributed by atoms with Crippen molar-refractivity contribution in [3.8, 4) is 11.5 Å². The molecule has 0 bridgehead atoms. The Balaban J connectivity index is 1.80. The fraction of sp³-hybridized carbons (Fsp3) is 0.263. The molecule has 9 heteroatoms. The quantitative estimate of drug-likeness (QED) is 0.537. The van der Waals surface area contributed by atoms with Gasteiger partial charge in [0.2, 0.25) is 5.91 Å². The molecule has 0 aliphatic heterocycles. The number of ether oxygens (including phenoxy) is 2. The van der Waals surface area contributed by atoms with E-state index in [-0.39, 0.29) is 13.1 Å². The number of aliphatic hydroxyl groups excluding tert-OH is 1. The van der Waals surface area contributed by atoms with Gasteiger partial charge in [-0.15, -0.1) is 0 Å². The normalized spacial score (nSPS) is 11.3. The number of aliphatic hydroxyl groups is 1. The summed E-state index contributed by atoms with van der Waals surface area (Å²) in [4.78, 5) is 23.7.